The molecule has 1 atom stereocenters. The highest BCUT2D eigenvalue weighted by Crippen LogP contribution is 2.31. The predicted molar refractivity (Wildman–Crippen MR) is 168 cm³/mol. The molecule has 2 aliphatic rings. The Kier molecular flexibility index (Phi) is 8.69. The molecule has 2 amide bonds. The summed E-state index contributed by atoms with van der Waals surface area (Å²) in [7, 11) is -3.49. The molecule has 0 spiro atoms. The summed E-state index contributed by atoms with van der Waals surface area (Å²) >= 11 is 1.33. The number of hydrogen-bond donors (Lipinski definition) is 2. The van der Waals surface area contributed by atoms with Crippen LogP contribution in [0.4, 0.5) is 10.8 Å². The van der Waals surface area contributed by atoms with Crippen LogP contribution in [0.1, 0.15) is 16.8 Å². The summed E-state index contributed by atoms with van der Waals surface area (Å²) < 4.78 is 24.5. The molecule has 0 bridgehead atoms. The Hall–Kier alpha value is -3.71. The van der Waals surface area contributed by atoms with Gasteiger partial charge in [0.2, 0.25) is 15.9 Å². The summed E-state index contributed by atoms with van der Waals surface area (Å²) in [4.78, 5) is 34.4. The Bertz CT molecular complexity index is 1710. The summed E-state index contributed by atoms with van der Waals surface area (Å²) in [6.07, 6.45) is 4.18. The van der Waals surface area contributed by atoms with E-state index in [9.17, 15) is 18.0 Å². The lowest BCUT2D eigenvalue weighted by Gasteiger charge is -2.39. The number of aromatic nitrogens is 2. The van der Waals surface area contributed by atoms with E-state index in [4.69, 9.17) is 0 Å². The van der Waals surface area contributed by atoms with E-state index >= 15 is 0 Å². The van der Waals surface area contributed by atoms with Crippen molar-refractivity contribution in [3.05, 3.63) is 77.9 Å². The third-order valence-corrected chi connectivity index (χ3v) is 9.19. The summed E-state index contributed by atoms with van der Waals surface area (Å²) in [6.45, 7) is 4.36. The normalized spacial score (nSPS) is 16.8. The number of nitrogens with one attached hydrogen (secondary N) is 2. The molecule has 2 aliphatic heterocycles. The lowest BCUT2D eigenvalue weighted by atomic mass is 10.0. The van der Waals surface area contributed by atoms with Crippen LogP contribution in [0.25, 0.3) is 22.4 Å². The zero-order chi connectivity index (χ0) is 28.6. The maximum Gasteiger partial charge on any atom is 0.256 e. The number of benzene rings is 2. The van der Waals surface area contributed by atoms with E-state index < -0.39 is 16.1 Å². The number of carbonyl (C=O) groups excluding carboxylic acids is 2. The van der Waals surface area contributed by atoms with Gasteiger partial charge in [0, 0.05) is 61.7 Å². The van der Waals surface area contributed by atoms with Crippen molar-refractivity contribution in [3.8, 4) is 22.4 Å². The van der Waals surface area contributed by atoms with Crippen LogP contribution < -0.4 is 15.5 Å². The molecule has 0 radical (unpaired) electrons. The Morgan fingerprint density at radius 1 is 1.00 bits per heavy atom. The monoisotopic (exact) mass is 626 g/mol. The van der Waals surface area contributed by atoms with Crippen LogP contribution in [-0.2, 0) is 14.8 Å². The molecule has 13 heteroatoms. The molecule has 0 saturated carbocycles. The van der Waals surface area contributed by atoms with Gasteiger partial charge < -0.3 is 20.4 Å². The van der Waals surface area contributed by atoms with Crippen LogP contribution in [0.3, 0.4) is 0 Å². The first-order valence-corrected chi connectivity index (χ1v) is 16.1. The van der Waals surface area contributed by atoms with Crippen LogP contribution in [0.15, 0.2) is 72.4 Å². The number of likely N-dealkylation sites (tertiary alicyclic amines) is 1. The van der Waals surface area contributed by atoms with Gasteiger partial charge in [0.15, 0.2) is 5.13 Å². The van der Waals surface area contributed by atoms with Crippen molar-refractivity contribution in [2.75, 3.05) is 49.2 Å². The van der Waals surface area contributed by atoms with Gasteiger partial charge in [-0.15, -0.1) is 23.7 Å². The Labute approximate surface area is 254 Å². The number of nitrogens with zero attached hydrogens (tertiary/aromatic N) is 4. The average Bonchev–Trinajstić information content (AvgIpc) is 3.64. The fraction of sp³-hybridized carbons (Fsp3) is 0.276. The molecule has 2 N–H and O–H groups in total. The molecule has 0 aliphatic carbocycles. The SMILES string of the molecule is CS(=O)(=O)n1ccc(C(=O)N2CC[C@H]2C(=O)Nc2nc(-c3cccc(-c4cccc(N5CCNCC5)c4)c3)cs2)c1.Cl. The minimum absolute atomic E-state index is 0. The van der Waals surface area contributed by atoms with E-state index in [1.54, 1.807) is 0 Å². The highest BCUT2D eigenvalue weighted by atomic mass is 35.5. The number of anilines is 2. The molecule has 6 rings (SSSR count). The maximum atomic E-state index is 13.0. The molecule has 220 valence electrons. The first-order chi connectivity index (χ1) is 19.8. The number of halogens is 1. The largest absolute Gasteiger partial charge is 0.369 e. The van der Waals surface area contributed by atoms with Crippen molar-refractivity contribution >= 4 is 56.4 Å². The minimum atomic E-state index is -3.49. The smallest absolute Gasteiger partial charge is 0.256 e. The van der Waals surface area contributed by atoms with Gasteiger partial charge in [0.1, 0.15) is 6.04 Å². The molecular weight excluding hydrogens is 596 g/mol. The molecule has 2 fully saturated rings. The fourth-order valence-corrected chi connectivity index (χ4v) is 6.40. The summed E-state index contributed by atoms with van der Waals surface area (Å²) in [6, 6.07) is 17.6. The van der Waals surface area contributed by atoms with Crippen molar-refractivity contribution in [3.63, 3.8) is 0 Å². The second kappa shape index (κ2) is 12.3. The zero-order valence-electron chi connectivity index (χ0n) is 22.9. The van der Waals surface area contributed by atoms with Crippen molar-refractivity contribution < 1.29 is 18.0 Å². The van der Waals surface area contributed by atoms with Gasteiger partial charge in [-0.25, -0.2) is 13.4 Å². The Balaban J connectivity index is 0.00000353. The van der Waals surface area contributed by atoms with Crippen molar-refractivity contribution in [1.82, 2.24) is 19.2 Å². The van der Waals surface area contributed by atoms with Gasteiger partial charge in [-0.1, -0.05) is 30.3 Å². The van der Waals surface area contributed by atoms with Gasteiger partial charge in [-0.05, 0) is 41.8 Å². The van der Waals surface area contributed by atoms with Crippen molar-refractivity contribution in [1.29, 1.82) is 0 Å². The average molecular weight is 627 g/mol. The number of rotatable bonds is 7. The molecule has 4 heterocycles. The number of piperazine rings is 1. The van der Waals surface area contributed by atoms with Crippen LogP contribution in [-0.4, -0.2) is 79.1 Å². The van der Waals surface area contributed by atoms with Gasteiger partial charge in [0.25, 0.3) is 5.91 Å². The van der Waals surface area contributed by atoms with Gasteiger partial charge in [0.05, 0.1) is 17.5 Å². The van der Waals surface area contributed by atoms with Gasteiger partial charge in [-0.2, -0.15) is 0 Å². The van der Waals surface area contributed by atoms with E-state index in [1.165, 1.54) is 40.4 Å². The molecule has 0 unspecified atom stereocenters. The molecule has 10 nitrogen and oxygen atoms in total. The van der Waals surface area contributed by atoms with Crippen LogP contribution in [0.2, 0.25) is 0 Å². The molecule has 4 aromatic rings. The maximum absolute atomic E-state index is 13.0. The number of amides is 2. The molecule has 2 aromatic heterocycles. The van der Waals surface area contributed by atoms with E-state index in [0.717, 1.165) is 58.8 Å². The Morgan fingerprint density at radius 2 is 1.71 bits per heavy atom. The zero-order valence-corrected chi connectivity index (χ0v) is 25.3. The van der Waals surface area contributed by atoms with Crippen molar-refractivity contribution in [2.24, 2.45) is 0 Å². The molecular formula is C29H31ClN6O4S2. The van der Waals surface area contributed by atoms with Gasteiger partial charge in [-0.3, -0.25) is 13.6 Å². The van der Waals surface area contributed by atoms with E-state index in [-0.39, 0.29) is 29.8 Å². The third-order valence-electron chi connectivity index (χ3n) is 7.43. The first kappa shape index (κ1) is 29.8. The van der Waals surface area contributed by atoms with Crippen LogP contribution in [0, 0.1) is 0 Å². The number of hydrogen-bond acceptors (Lipinski definition) is 8. The highest BCUT2D eigenvalue weighted by molar-refractivity contribution is 7.89. The molecule has 2 aromatic carbocycles. The Morgan fingerprint density at radius 3 is 2.40 bits per heavy atom. The van der Waals surface area contributed by atoms with E-state index in [2.05, 4.69) is 56.9 Å². The van der Waals surface area contributed by atoms with E-state index in [0.29, 0.717) is 18.1 Å². The lowest BCUT2D eigenvalue weighted by Crippen LogP contribution is -2.56. The fourth-order valence-electron chi connectivity index (χ4n) is 5.09. The predicted octanol–water partition coefficient (Wildman–Crippen LogP) is 3.77. The standard InChI is InChI=1S/C29H30N6O4S2.ClH/c1-41(38,39)34-12-8-23(18-34)28(37)35-13-9-26(35)27(36)32-29-31-25(19-40-29)22-6-2-4-20(16-22)21-5-3-7-24(17-21)33-14-10-30-11-15-33;/h2-8,12,16-19,26,30H,9-11,13-15H2,1H3,(H,31,32,36);1H/t26-;/m0./s1. The highest BCUT2D eigenvalue weighted by Gasteiger charge is 2.38. The molecule has 2 saturated heterocycles. The van der Waals surface area contributed by atoms with Gasteiger partial charge >= 0.3 is 0 Å². The second-order valence-electron chi connectivity index (χ2n) is 10.2. The molecule has 42 heavy (non-hydrogen) atoms. The van der Waals surface area contributed by atoms with Crippen molar-refractivity contribution in [2.45, 2.75) is 12.5 Å². The van der Waals surface area contributed by atoms with Crippen LogP contribution in [0.5, 0.6) is 0 Å². The first-order valence-electron chi connectivity index (χ1n) is 13.4. The summed E-state index contributed by atoms with van der Waals surface area (Å²) in [5, 5.41) is 8.61. The minimum Gasteiger partial charge on any atom is -0.369 e. The van der Waals surface area contributed by atoms with E-state index in [1.807, 2.05) is 17.5 Å². The topological polar surface area (TPSA) is 117 Å². The summed E-state index contributed by atoms with van der Waals surface area (Å²) in [5.41, 5.74) is 5.36. The number of carbonyl (C=O) groups is 2. The summed E-state index contributed by atoms with van der Waals surface area (Å²) in [5.74, 6) is -0.692. The lowest BCUT2D eigenvalue weighted by molar-refractivity contribution is -0.123. The van der Waals surface area contributed by atoms with Crippen LogP contribution >= 0.6 is 23.7 Å². The quantitative estimate of drug-likeness (QED) is 0.321. The second-order valence-corrected chi connectivity index (χ2v) is 12.9. The number of thiazole rings is 1. The third kappa shape index (κ3) is 6.21.